The molecule has 4 rings (SSSR count). The molecule has 2 aromatic heterocycles. The van der Waals surface area contributed by atoms with Gasteiger partial charge in [0.1, 0.15) is 11.6 Å². The zero-order valence-corrected chi connectivity index (χ0v) is 15.0. The van der Waals surface area contributed by atoms with Crippen LogP contribution in [0.5, 0.6) is 0 Å². The van der Waals surface area contributed by atoms with Gasteiger partial charge in [0.05, 0.1) is 5.75 Å². The zero-order valence-electron chi connectivity index (χ0n) is 14.1. The van der Waals surface area contributed by atoms with E-state index in [0.29, 0.717) is 16.5 Å². The molecule has 4 aromatic rings. The first kappa shape index (κ1) is 17.2. The van der Waals surface area contributed by atoms with Crippen LogP contribution in [-0.2, 0) is 0 Å². The lowest BCUT2D eigenvalue weighted by Crippen LogP contribution is -2.01. The van der Waals surface area contributed by atoms with Gasteiger partial charge in [-0.2, -0.15) is 0 Å². The maximum absolute atomic E-state index is 12.9. The van der Waals surface area contributed by atoms with Gasteiger partial charge in [-0.25, -0.2) is 9.37 Å². The van der Waals surface area contributed by atoms with Crippen LogP contribution in [0.25, 0.3) is 23.1 Å². The Labute approximate surface area is 158 Å². The molecule has 0 unspecified atom stereocenters. The van der Waals surface area contributed by atoms with Gasteiger partial charge in [-0.3, -0.25) is 9.89 Å². The summed E-state index contributed by atoms with van der Waals surface area (Å²) in [6.45, 7) is 0. The van der Waals surface area contributed by atoms with Crippen LogP contribution in [0.2, 0.25) is 0 Å². The van der Waals surface area contributed by atoms with Crippen LogP contribution in [0.4, 0.5) is 4.39 Å². The Morgan fingerprint density at radius 3 is 2.78 bits per heavy atom. The molecule has 134 valence electrons. The molecule has 0 fully saturated rings. The van der Waals surface area contributed by atoms with Crippen molar-refractivity contribution in [2.75, 3.05) is 5.75 Å². The molecule has 0 saturated carbocycles. The highest BCUT2D eigenvalue weighted by atomic mass is 32.2. The Balaban J connectivity index is 1.39. The molecule has 0 bridgehead atoms. The zero-order chi connectivity index (χ0) is 18.6. The second-order valence-electron chi connectivity index (χ2n) is 5.85. The van der Waals surface area contributed by atoms with Gasteiger partial charge in [-0.1, -0.05) is 48.2 Å². The van der Waals surface area contributed by atoms with Crippen molar-refractivity contribution in [3.05, 3.63) is 77.5 Å². The smallest absolute Gasteiger partial charge is 0.209 e. The van der Waals surface area contributed by atoms with E-state index in [1.165, 1.54) is 23.9 Å². The summed E-state index contributed by atoms with van der Waals surface area (Å²) in [6, 6.07) is 13.9. The van der Waals surface area contributed by atoms with Gasteiger partial charge in [0.15, 0.2) is 5.78 Å². The predicted octanol–water partition coefficient (Wildman–Crippen LogP) is 4.57. The quantitative estimate of drug-likeness (QED) is 0.381. The van der Waals surface area contributed by atoms with E-state index in [9.17, 15) is 9.18 Å². The number of benzene rings is 2. The van der Waals surface area contributed by atoms with Crippen LogP contribution in [0.3, 0.4) is 0 Å². The van der Waals surface area contributed by atoms with Crippen molar-refractivity contribution < 1.29 is 9.18 Å². The molecule has 0 amide bonds. The van der Waals surface area contributed by atoms with Crippen molar-refractivity contribution in [1.82, 2.24) is 20.2 Å². The Hall–Kier alpha value is -3.19. The number of aromatic nitrogens is 4. The first-order valence-electron chi connectivity index (χ1n) is 8.27. The number of ketones is 1. The monoisotopic (exact) mass is 378 g/mol. The summed E-state index contributed by atoms with van der Waals surface area (Å²) in [4.78, 5) is 19.9. The molecule has 0 saturated heterocycles. The number of aromatic amines is 2. The highest BCUT2D eigenvalue weighted by molar-refractivity contribution is 7.99. The lowest BCUT2D eigenvalue weighted by molar-refractivity contribution is 0.102. The summed E-state index contributed by atoms with van der Waals surface area (Å²) in [5.41, 5.74) is 2.47. The van der Waals surface area contributed by atoms with E-state index in [1.54, 1.807) is 24.4 Å². The first-order chi connectivity index (χ1) is 13.2. The van der Waals surface area contributed by atoms with Crippen molar-refractivity contribution in [3.8, 4) is 0 Å². The number of thioether (sulfide) groups is 1. The number of nitrogens with zero attached hydrogens (tertiary/aromatic N) is 2. The van der Waals surface area contributed by atoms with Gasteiger partial charge in [-0.05, 0) is 29.8 Å². The molecule has 27 heavy (non-hydrogen) atoms. The number of carbonyl (C=O) groups excluding carboxylic acids is 1. The van der Waals surface area contributed by atoms with Crippen molar-refractivity contribution in [3.63, 3.8) is 0 Å². The predicted molar refractivity (Wildman–Crippen MR) is 105 cm³/mol. The van der Waals surface area contributed by atoms with Crippen molar-refractivity contribution >= 4 is 40.6 Å². The summed E-state index contributed by atoms with van der Waals surface area (Å²) in [6.07, 6.45) is 5.31. The molecule has 0 atom stereocenters. The summed E-state index contributed by atoms with van der Waals surface area (Å²) in [7, 11) is 0. The van der Waals surface area contributed by atoms with Crippen LogP contribution in [0, 0.1) is 5.82 Å². The molecule has 0 radical (unpaired) electrons. The normalized spacial score (nSPS) is 11.4. The van der Waals surface area contributed by atoms with E-state index in [-0.39, 0.29) is 17.4 Å². The number of carbonyl (C=O) groups is 1. The van der Waals surface area contributed by atoms with Gasteiger partial charge in [-0.15, -0.1) is 5.10 Å². The van der Waals surface area contributed by atoms with Crippen LogP contribution in [-0.4, -0.2) is 31.7 Å². The molecule has 0 aliphatic rings. The number of para-hydroxylation sites is 1. The number of nitrogens with one attached hydrogen (secondary N) is 2. The van der Waals surface area contributed by atoms with Crippen LogP contribution >= 0.6 is 11.8 Å². The van der Waals surface area contributed by atoms with E-state index < -0.39 is 0 Å². The minimum atomic E-state index is -0.273. The standard InChI is InChI=1S/C20H15FN4OS/c21-14-8-5-13(6-9-14)7-10-19-23-20(25-24-19)27-12-18(26)16-11-22-17-4-2-1-3-15(16)17/h1-11,22H,12H2,(H,23,24,25)/b10-7+. The van der Waals surface area contributed by atoms with Crippen molar-refractivity contribution in [1.29, 1.82) is 0 Å². The number of fused-ring (bicyclic) bond motifs is 1. The summed E-state index contributed by atoms with van der Waals surface area (Å²) in [5.74, 6) is 0.568. The van der Waals surface area contributed by atoms with Crippen LogP contribution in [0.1, 0.15) is 21.7 Å². The maximum Gasteiger partial charge on any atom is 0.209 e. The molecule has 0 spiro atoms. The second kappa shape index (κ2) is 7.59. The van der Waals surface area contributed by atoms with Crippen LogP contribution in [0.15, 0.2) is 59.9 Å². The molecule has 5 nitrogen and oxygen atoms in total. The number of hydrogen-bond acceptors (Lipinski definition) is 4. The second-order valence-corrected chi connectivity index (χ2v) is 6.79. The molecule has 2 heterocycles. The Bertz CT molecular complexity index is 1110. The fraction of sp³-hybridized carbons (Fsp3) is 0.0500. The largest absolute Gasteiger partial charge is 0.360 e. The number of H-pyrrole nitrogens is 2. The first-order valence-corrected chi connectivity index (χ1v) is 9.26. The van der Waals surface area contributed by atoms with Gasteiger partial charge in [0.25, 0.3) is 0 Å². The lowest BCUT2D eigenvalue weighted by Gasteiger charge is -1.97. The summed E-state index contributed by atoms with van der Waals surface area (Å²) >= 11 is 1.28. The number of hydrogen-bond donors (Lipinski definition) is 2. The highest BCUT2D eigenvalue weighted by Gasteiger charge is 2.13. The summed E-state index contributed by atoms with van der Waals surface area (Å²) in [5, 5.41) is 8.35. The Kier molecular flexibility index (Phi) is 4.84. The van der Waals surface area contributed by atoms with E-state index in [2.05, 4.69) is 20.2 Å². The third-order valence-electron chi connectivity index (χ3n) is 4.01. The minimum Gasteiger partial charge on any atom is -0.360 e. The Morgan fingerprint density at radius 2 is 1.93 bits per heavy atom. The minimum absolute atomic E-state index is 0.0191. The molecule has 2 aromatic carbocycles. The van der Waals surface area contributed by atoms with E-state index in [4.69, 9.17) is 0 Å². The fourth-order valence-corrected chi connectivity index (χ4v) is 3.35. The van der Waals surface area contributed by atoms with E-state index in [0.717, 1.165) is 16.5 Å². The third-order valence-corrected chi connectivity index (χ3v) is 4.86. The average molecular weight is 378 g/mol. The molecule has 0 aliphatic carbocycles. The molecular formula is C20H15FN4OS. The Morgan fingerprint density at radius 1 is 1.11 bits per heavy atom. The molecule has 2 N–H and O–H groups in total. The van der Waals surface area contributed by atoms with Gasteiger partial charge < -0.3 is 4.98 Å². The molecular weight excluding hydrogens is 363 g/mol. The van der Waals surface area contributed by atoms with Crippen LogP contribution < -0.4 is 0 Å². The maximum atomic E-state index is 12.9. The van der Waals surface area contributed by atoms with Gasteiger partial charge in [0, 0.05) is 22.7 Å². The van der Waals surface area contributed by atoms with Gasteiger partial charge >= 0.3 is 0 Å². The third kappa shape index (κ3) is 3.98. The molecule has 0 aliphatic heterocycles. The molecule has 7 heteroatoms. The number of rotatable bonds is 6. The summed E-state index contributed by atoms with van der Waals surface area (Å²) < 4.78 is 12.9. The fourth-order valence-electron chi connectivity index (χ4n) is 2.66. The SMILES string of the molecule is O=C(CSc1n[nH]c(/C=C/c2ccc(F)cc2)n1)c1c[nH]c2ccccc12. The van der Waals surface area contributed by atoms with E-state index in [1.807, 2.05) is 30.3 Å². The highest BCUT2D eigenvalue weighted by Crippen LogP contribution is 2.21. The topological polar surface area (TPSA) is 74.4 Å². The van der Waals surface area contributed by atoms with Crippen molar-refractivity contribution in [2.24, 2.45) is 0 Å². The van der Waals surface area contributed by atoms with Crippen molar-refractivity contribution in [2.45, 2.75) is 5.16 Å². The number of halogens is 1. The van der Waals surface area contributed by atoms with Gasteiger partial charge in [0.2, 0.25) is 5.16 Å². The number of Topliss-reactive ketones (excluding diaryl/α,β-unsaturated/α-hetero) is 1. The lowest BCUT2D eigenvalue weighted by atomic mass is 10.1. The van der Waals surface area contributed by atoms with E-state index >= 15 is 0 Å². The average Bonchev–Trinajstić information content (AvgIpc) is 3.32.